The van der Waals surface area contributed by atoms with Gasteiger partial charge in [-0.25, -0.2) is 8.78 Å². The van der Waals surface area contributed by atoms with Crippen molar-refractivity contribution >= 4 is 11.8 Å². The molecule has 0 aliphatic carbocycles. The molecule has 1 saturated heterocycles. The summed E-state index contributed by atoms with van der Waals surface area (Å²) in [5.74, 6) is 0.420. The molecule has 0 spiro atoms. The molecule has 1 aromatic rings. The molecule has 16 heavy (non-hydrogen) atoms. The number of hydrogen-bond donors (Lipinski definition) is 1. The van der Waals surface area contributed by atoms with Crippen LogP contribution < -0.4 is 5.32 Å². The number of nitrogens with one attached hydrogen (secondary N) is 1. The summed E-state index contributed by atoms with van der Waals surface area (Å²) in [6.07, 6.45) is 1.10. The molecular weight excluding hydrogens is 228 g/mol. The molecule has 88 valence electrons. The van der Waals surface area contributed by atoms with E-state index in [2.05, 4.69) is 12.2 Å². The topological polar surface area (TPSA) is 12.0 Å². The first-order valence-corrected chi connectivity index (χ1v) is 6.50. The average Bonchev–Trinajstić information content (AvgIpc) is 2.66. The predicted octanol–water partition coefficient (Wildman–Crippen LogP) is 2.95. The summed E-state index contributed by atoms with van der Waals surface area (Å²) < 4.78 is 26.3. The monoisotopic (exact) mass is 243 g/mol. The maximum atomic E-state index is 13.3. The normalized spacial score (nSPS) is 24.9. The van der Waals surface area contributed by atoms with E-state index in [1.165, 1.54) is 12.1 Å². The lowest BCUT2D eigenvalue weighted by molar-refractivity contribution is 0.496. The van der Waals surface area contributed by atoms with Gasteiger partial charge in [0, 0.05) is 23.4 Å². The highest BCUT2D eigenvalue weighted by atomic mass is 32.2. The Morgan fingerprint density at radius 3 is 2.94 bits per heavy atom. The molecule has 1 N–H and O–H groups in total. The number of benzene rings is 1. The highest BCUT2D eigenvalue weighted by molar-refractivity contribution is 8.00. The third kappa shape index (κ3) is 2.74. The zero-order valence-corrected chi connectivity index (χ0v) is 9.99. The third-order valence-electron chi connectivity index (χ3n) is 2.94. The minimum Gasteiger partial charge on any atom is -0.309 e. The zero-order valence-electron chi connectivity index (χ0n) is 9.17. The Labute approximate surface area is 98.6 Å². The Morgan fingerprint density at radius 2 is 2.25 bits per heavy atom. The second-order valence-electron chi connectivity index (χ2n) is 4.09. The Morgan fingerprint density at radius 1 is 1.44 bits per heavy atom. The van der Waals surface area contributed by atoms with Gasteiger partial charge in [0.2, 0.25) is 0 Å². The van der Waals surface area contributed by atoms with Crippen LogP contribution in [-0.4, -0.2) is 17.0 Å². The molecule has 1 aliphatic rings. The third-order valence-corrected chi connectivity index (χ3v) is 4.26. The predicted molar refractivity (Wildman–Crippen MR) is 63.5 cm³/mol. The van der Waals surface area contributed by atoms with Crippen molar-refractivity contribution in [3.05, 3.63) is 35.4 Å². The summed E-state index contributed by atoms with van der Waals surface area (Å²) in [5, 5.41) is 3.84. The smallest absolute Gasteiger partial charge is 0.127 e. The van der Waals surface area contributed by atoms with Gasteiger partial charge >= 0.3 is 0 Å². The van der Waals surface area contributed by atoms with E-state index in [1.807, 2.05) is 11.8 Å². The van der Waals surface area contributed by atoms with Gasteiger partial charge in [0.1, 0.15) is 11.6 Å². The number of halogens is 2. The first-order chi connectivity index (χ1) is 7.66. The van der Waals surface area contributed by atoms with Gasteiger partial charge in [-0.3, -0.25) is 0 Å². The lowest BCUT2D eigenvalue weighted by atomic mass is 10.1. The molecule has 4 heteroatoms. The van der Waals surface area contributed by atoms with Gasteiger partial charge in [-0.1, -0.05) is 6.92 Å². The van der Waals surface area contributed by atoms with Gasteiger partial charge in [0.05, 0.1) is 0 Å². The van der Waals surface area contributed by atoms with Gasteiger partial charge < -0.3 is 5.32 Å². The quantitative estimate of drug-likeness (QED) is 0.876. The summed E-state index contributed by atoms with van der Waals surface area (Å²) in [6, 6.07) is 3.99. The van der Waals surface area contributed by atoms with Crippen LogP contribution in [0.5, 0.6) is 0 Å². The molecule has 1 fully saturated rings. The summed E-state index contributed by atoms with van der Waals surface area (Å²) in [5.41, 5.74) is 0.407. The number of thioether (sulfide) groups is 1. The first kappa shape index (κ1) is 11.9. The Kier molecular flexibility index (Phi) is 3.82. The molecule has 1 aliphatic heterocycles. The fourth-order valence-corrected chi connectivity index (χ4v) is 3.15. The van der Waals surface area contributed by atoms with Crippen LogP contribution in [0.3, 0.4) is 0 Å². The van der Waals surface area contributed by atoms with Gasteiger partial charge in [-0.15, -0.1) is 0 Å². The van der Waals surface area contributed by atoms with Gasteiger partial charge in [-0.2, -0.15) is 11.8 Å². The fraction of sp³-hybridized carbons (Fsp3) is 0.500. The van der Waals surface area contributed by atoms with Gasteiger partial charge in [0.15, 0.2) is 0 Å². The van der Waals surface area contributed by atoms with E-state index in [4.69, 9.17) is 0 Å². The van der Waals surface area contributed by atoms with Crippen molar-refractivity contribution in [1.82, 2.24) is 5.32 Å². The van der Waals surface area contributed by atoms with Crippen molar-refractivity contribution in [2.24, 2.45) is 0 Å². The lowest BCUT2D eigenvalue weighted by Crippen LogP contribution is -2.33. The van der Waals surface area contributed by atoms with Crippen LogP contribution in [0.1, 0.15) is 18.9 Å². The Hall–Kier alpha value is -0.610. The lowest BCUT2D eigenvalue weighted by Gasteiger charge is -2.16. The molecule has 1 aromatic carbocycles. The van der Waals surface area contributed by atoms with E-state index in [9.17, 15) is 8.78 Å². The van der Waals surface area contributed by atoms with Crippen LogP contribution in [0, 0.1) is 11.6 Å². The van der Waals surface area contributed by atoms with Crippen LogP contribution in [0.4, 0.5) is 8.78 Å². The van der Waals surface area contributed by atoms with E-state index < -0.39 is 0 Å². The summed E-state index contributed by atoms with van der Waals surface area (Å²) in [6.45, 7) is 2.57. The highest BCUT2D eigenvalue weighted by Crippen LogP contribution is 2.26. The minimum absolute atomic E-state index is 0.341. The van der Waals surface area contributed by atoms with Crippen LogP contribution in [0.25, 0.3) is 0 Å². The summed E-state index contributed by atoms with van der Waals surface area (Å²) in [7, 11) is 0. The zero-order chi connectivity index (χ0) is 11.5. The molecule has 1 nitrogen and oxygen atoms in total. The highest BCUT2D eigenvalue weighted by Gasteiger charge is 2.23. The maximum Gasteiger partial charge on any atom is 0.127 e. The van der Waals surface area contributed by atoms with Crippen LogP contribution in [0.15, 0.2) is 18.2 Å². The number of rotatable bonds is 3. The standard InChI is InChI=1S/C12H15F2NS/c1-8-12(4-5-16-8)15-7-9-6-10(13)2-3-11(9)14/h2-3,6,8,12,15H,4-5,7H2,1H3. The second kappa shape index (κ2) is 5.15. The second-order valence-corrected chi connectivity index (χ2v) is 5.57. The minimum atomic E-state index is -0.382. The van der Waals surface area contributed by atoms with Crippen LogP contribution >= 0.6 is 11.8 Å². The molecule has 0 bridgehead atoms. The first-order valence-electron chi connectivity index (χ1n) is 5.46. The van der Waals surface area contributed by atoms with E-state index in [0.717, 1.165) is 18.2 Å². The average molecular weight is 243 g/mol. The molecular formula is C12H15F2NS. The molecule has 0 amide bonds. The maximum absolute atomic E-state index is 13.3. The van der Waals surface area contributed by atoms with Crippen molar-refractivity contribution < 1.29 is 8.78 Å². The Bertz CT molecular complexity index is 370. The van der Waals surface area contributed by atoms with Crippen molar-refractivity contribution in [2.45, 2.75) is 31.2 Å². The number of hydrogen-bond acceptors (Lipinski definition) is 2. The van der Waals surface area contributed by atoms with Gasteiger partial charge in [0.25, 0.3) is 0 Å². The van der Waals surface area contributed by atoms with Crippen molar-refractivity contribution in [2.75, 3.05) is 5.75 Å². The van der Waals surface area contributed by atoms with Crippen LogP contribution in [0.2, 0.25) is 0 Å². The molecule has 0 radical (unpaired) electrons. The van der Waals surface area contributed by atoms with E-state index in [-0.39, 0.29) is 11.6 Å². The van der Waals surface area contributed by atoms with E-state index in [1.54, 1.807) is 0 Å². The molecule has 2 unspecified atom stereocenters. The van der Waals surface area contributed by atoms with Crippen LogP contribution in [-0.2, 0) is 6.54 Å². The molecule has 0 aromatic heterocycles. The summed E-state index contributed by atoms with van der Waals surface area (Å²) in [4.78, 5) is 0. The van der Waals surface area contributed by atoms with Crippen molar-refractivity contribution in [3.63, 3.8) is 0 Å². The summed E-state index contributed by atoms with van der Waals surface area (Å²) >= 11 is 1.92. The molecule has 1 heterocycles. The SMILES string of the molecule is CC1SCCC1NCc1cc(F)ccc1F. The van der Waals surface area contributed by atoms with E-state index >= 15 is 0 Å². The van der Waals surface area contributed by atoms with Gasteiger partial charge in [-0.05, 0) is 30.4 Å². The molecule has 2 rings (SSSR count). The fourth-order valence-electron chi connectivity index (χ4n) is 1.92. The van der Waals surface area contributed by atoms with Crippen molar-refractivity contribution in [3.8, 4) is 0 Å². The Balaban J connectivity index is 1.96. The largest absolute Gasteiger partial charge is 0.309 e. The molecule has 2 atom stereocenters. The van der Waals surface area contributed by atoms with Crippen molar-refractivity contribution in [1.29, 1.82) is 0 Å². The molecule has 0 saturated carbocycles. The van der Waals surface area contributed by atoms with E-state index in [0.29, 0.717) is 23.4 Å².